The number of nitrogens with two attached hydrogens (primary N) is 1. The van der Waals surface area contributed by atoms with Gasteiger partial charge in [0.05, 0.1) is 11.3 Å². The van der Waals surface area contributed by atoms with Crippen LogP contribution in [0.1, 0.15) is 39.2 Å². The number of hydrogen-bond acceptors (Lipinski definition) is 7. The van der Waals surface area contributed by atoms with E-state index in [1.165, 1.54) is 28.0 Å². The molecule has 1 amide bonds. The van der Waals surface area contributed by atoms with Gasteiger partial charge in [-0.05, 0) is 31.2 Å². The van der Waals surface area contributed by atoms with Crippen molar-refractivity contribution in [3.05, 3.63) is 51.9 Å². The van der Waals surface area contributed by atoms with Crippen LogP contribution in [0.3, 0.4) is 0 Å². The number of thiophene rings is 1. The van der Waals surface area contributed by atoms with Gasteiger partial charge in [0.1, 0.15) is 5.00 Å². The number of thioether (sulfide) groups is 1. The molecule has 7 nitrogen and oxygen atoms in total. The van der Waals surface area contributed by atoms with Gasteiger partial charge in [0.25, 0.3) is 0 Å². The first-order chi connectivity index (χ1) is 13.6. The molecule has 1 aliphatic rings. The fourth-order valence-electron chi connectivity index (χ4n) is 3.24. The molecule has 0 fully saturated rings. The van der Waals surface area contributed by atoms with Gasteiger partial charge in [-0.1, -0.05) is 42.1 Å². The molecular formula is C19H19N5O2S2. The van der Waals surface area contributed by atoms with Crippen LogP contribution in [0.5, 0.6) is 0 Å². The van der Waals surface area contributed by atoms with E-state index in [9.17, 15) is 9.59 Å². The number of aromatic nitrogens is 3. The first-order valence-corrected chi connectivity index (χ1v) is 10.8. The van der Waals surface area contributed by atoms with E-state index in [1.807, 2.05) is 30.3 Å². The second-order valence-electron chi connectivity index (χ2n) is 6.45. The Morgan fingerprint density at radius 1 is 1.21 bits per heavy atom. The Bertz CT molecular complexity index is 1010. The minimum Gasteiger partial charge on any atom is -0.368 e. The number of carbonyl (C=O) groups excluding carboxylic acids is 2. The topological polar surface area (TPSA) is 114 Å². The summed E-state index contributed by atoms with van der Waals surface area (Å²) in [5.74, 6) is 0.113. The molecule has 0 atom stereocenters. The lowest BCUT2D eigenvalue weighted by atomic mass is 9.92. The molecule has 1 aliphatic carbocycles. The van der Waals surface area contributed by atoms with Crippen molar-refractivity contribution in [2.24, 2.45) is 0 Å². The number of aromatic amines is 1. The average molecular weight is 414 g/mol. The largest absolute Gasteiger partial charge is 0.368 e. The fraction of sp³-hybridized carbons (Fsp3) is 0.263. The van der Waals surface area contributed by atoms with E-state index >= 15 is 0 Å². The third-order valence-electron chi connectivity index (χ3n) is 4.50. The van der Waals surface area contributed by atoms with Crippen molar-refractivity contribution in [1.29, 1.82) is 0 Å². The van der Waals surface area contributed by atoms with Crippen molar-refractivity contribution < 1.29 is 9.59 Å². The Hall–Kier alpha value is -2.65. The molecule has 0 aliphatic heterocycles. The van der Waals surface area contributed by atoms with Crippen LogP contribution >= 0.6 is 23.1 Å². The predicted octanol–water partition coefficient (Wildman–Crippen LogP) is 3.29. The molecule has 0 unspecified atom stereocenters. The lowest BCUT2D eigenvalue weighted by Crippen LogP contribution is -2.16. The van der Waals surface area contributed by atoms with E-state index in [2.05, 4.69) is 20.5 Å². The third kappa shape index (κ3) is 3.95. The maximum atomic E-state index is 13.2. The summed E-state index contributed by atoms with van der Waals surface area (Å²) < 4.78 is 0. The molecule has 2 aromatic heterocycles. The van der Waals surface area contributed by atoms with Gasteiger partial charge >= 0.3 is 0 Å². The molecule has 0 spiro atoms. The maximum Gasteiger partial charge on any atom is 0.235 e. The normalized spacial score (nSPS) is 13.1. The first kappa shape index (κ1) is 18.7. The van der Waals surface area contributed by atoms with Crippen LogP contribution in [-0.4, -0.2) is 32.6 Å². The minimum absolute atomic E-state index is 0.0373. The quantitative estimate of drug-likeness (QED) is 0.422. The van der Waals surface area contributed by atoms with Gasteiger partial charge in [0, 0.05) is 10.4 Å². The highest BCUT2D eigenvalue weighted by Crippen LogP contribution is 2.39. The lowest BCUT2D eigenvalue weighted by Gasteiger charge is -2.12. The van der Waals surface area contributed by atoms with Gasteiger partial charge in [0.2, 0.25) is 17.0 Å². The van der Waals surface area contributed by atoms with Gasteiger partial charge in [-0.2, -0.15) is 4.98 Å². The molecule has 4 rings (SSSR count). The van der Waals surface area contributed by atoms with Crippen LogP contribution in [0.15, 0.2) is 35.5 Å². The van der Waals surface area contributed by atoms with Gasteiger partial charge in [-0.3, -0.25) is 9.59 Å². The van der Waals surface area contributed by atoms with Crippen LogP contribution in [0.25, 0.3) is 0 Å². The number of ketones is 1. The van der Waals surface area contributed by atoms with E-state index in [4.69, 9.17) is 5.73 Å². The summed E-state index contributed by atoms with van der Waals surface area (Å²) >= 11 is 2.71. The van der Waals surface area contributed by atoms with E-state index in [0.29, 0.717) is 21.3 Å². The number of nitrogens with zero attached hydrogens (tertiary/aromatic N) is 2. The van der Waals surface area contributed by atoms with Crippen molar-refractivity contribution in [2.45, 2.75) is 30.8 Å². The summed E-state index contributed by atoms with van der Waals surface area (Å²) in [4.78, 5) is 30.8. The minimum atomic E-state index is -0.200. The number of H-pyrrole nitrogens is 1. The zero-order valence-electron chi connectivity index (χ0n) is 15.0. The first-order valence-electron chi connectivity index (χ1n) is 8.96. The van der Waals surface area contributed by atoms with Gasteiger partial charge < -0.3 is 11.1 Å². The summed E-state index contributed by atoms with van der Waals surface area (Å²) in [5.41, 5.74) is 7.87. The van der Waals surface area contributed by atoms with Crippen LogP contribution in [0, 0.1) is 0 Å². The number of hydrogen-bond donors (Lipinski definition) is 3. The average Bonchev–Trinajstić information content (AvgIpc) is 3.29. The lowest BCUT2D eigenvalue weighted by molar-refractivity contribution is -0.113. The van der Waals surface area contributed by atoms with E-state index < -0.39 is 0 Å². The summed E-state index contributed by atoms with van der Waals surface area (Å²) in [7, 11) is 0. The Morgan fingerprint density at radius 2 is 2.00 bits per heavy atom. The van der Waals surface area contributed by atoms with Crippen LogP contribution in [-0.2, 0) is 17.6 Å². The standard InChI is InChI=1S/C19H19N5O2S2/c20-18-22-19(24-23-18)27-10-14(25)21-17-15(12-8-4-5-9-13(12)28-17)16(26)11-6-2-1-3-7-11/h1-3,6-7H,4-5,8-10H2,(H,21,25)(H3,20,22,23,24). The van der Waals surface area contributed by atoms with Crippen molar-refractivity contribution >= 4 is 45.7 Å². The second-order valence-corrected chi connectivity index (χ2v) is 8.50. The number of anilines is 2. The van der Waals surface area contributed by atoms with Crippen LogP contribution in [0.2, 0.25) is 0 Å². The summed E-state index contributed by atoms with van der Waals surface area (Å²) in [5, 5.41) is 10.4. The molecule has 9 heteroatoms. The monoisotopic (exact) mass is 413 g/mol. The molecule has 4 N–H and O–H groups in total. The third-order valence-corrected chi connectivity index (χ3v) is 6.56. The molecule has 0 radical (unpaired) electrons. The van der Waals surface area contributed by atoms with Gasteiger partial charge in [-0.25, -0.2) is 5.10 Å². The summed E-state index contributed by atoms with van der Waals surface area (Å²) in [6.45, 7) is 0. The van der Waals surface area contributed by atoms with Gasteiger partial charge in [0.15, 0.2) is 5.78 Å². The Balaban J connectivity index is 1.57. The maximum absolute atomic E-state index is 13.2. The molecular weight excluding hydrogens is 394 g/mol. The molecule has 0 saturated carbocycles. The van der Waals surface area contributed by atoms with Crippen LogP contribution < -0.4 is 11.1 Å². The number of carbonyl (C=O) groups is 2. The van der Waals surface area contributed by atoms with Crippen molar-refractivity contribution in [1.82, 2.24) is 15.2 Å². The van der Waals surface area contributed by atoms with E-state index in [1.54, 1.807) is 0 Å². The number of fused-ring (bicyclic) bond motifs is 1. The molecule has 2 heterocycles. The highest BCUT2D eigenvalue weighted by atomic mass is 32.2. The number of nitrogens with one attached hydrogen (secondary N) is 2. The second kappa shape index (κ2) is 8.15. The number of amides is 1. The van der Waals surface area contributed by atoms with E-state index in [0.717, 1.165) is 31.2 Å². The number of rotatable bonds is 6. The SMILES string of the molecule is Nc1nc(SCC(=O)Nc2sc3c(c2C(=O)c2ccccc2)CCCC3)n[nH]1. The number of nitrogen functional groups attached to an aromatic ring is 1. The molecule has 28 heavy (non-hydrogen) atoms. The van der Waals surface area contributed by atoms with E-state index in [-0.39, 0.29) is 23.4 Å². The summed E-state index contributed by atoms with van der Waals surface area (Å²) in [6.07, 6.45) is 4.01. The van der Waals surface area contributed by atoms with Gasteiger partial charge in [-0.15, -0.1) is 16.4 Å². The molecule has 3 aromatic rings. The Morgan fingerprint density at radius 3 is 2.75 bits per heavy atom. The Kier molecular flexibility index (Phi) is 5.45. The summed E-state index contributed by atoms with van der Waals surface area (Å²) in [6, 6.07) is 9.21. The van der Waals surface area contributed by atoms with Crippen molar-refractivity contribution in [3.8, 4) is 0 Å². The highest BCUT2D eigenvalue weighted by Gasteiger charge is 2.27. The smallest absolute Gasteiger partial charge is 0.235 e. The van der Waals surface area contributed by atoms with Crippen LogP contribution in [0.4, 0.5) is 10.9 Å². The zero-order chi connectivity index (χ0) is 19.5. The molecule has 144 valence electrons. The zero-order valence-corrected chi connectivity index (χ0v) is 16.7. The fourth-order valence-corrected chi connectivity index (χ4v) is 5.15. The number of aryl methyl sites for hydroxylation is 1. The highest BCUT2D eigenvalue weighted by molar-refractivity contribution is 7.99. The Labute approximate surface area is 170 Å². The molecule has 0 bridgehead atoms. The van der Waals surface area contributed by atoms with Crippen molar-refractivity contribution in [3.63, 3.8) is 0 Å². The molecule has 0 saturated heterocycles. The van der Waals surface area contributed by atoms with Crippen molar-refractivity contribution in [2.75, 3.05) is 16.8 Å². The molecule has 1 aromatic carbocycles. The predicted molar refractivity (Wildman–Crippen MR) is 111 cm³/mol. The number of benzene rings is 1.